The number of carbonyl (C=O) groups is 3. The van der Waals surface area contributed by atoms with E-state index in [9.17, 15) is 14.4 Å². The van der Waals surface area contributed by atoms with Crippen LogP contribution in [-0.2, 0) is 9.47 Å². The zero-order valence-corrected chi connectivity index (χ0v) is 24.8. The van der Waals surface area contributed by atoms with Crippen LogP contribution in [0.3, 0.4) is 0 Å². The number of benzene rings is 4. The Morgan fingerprint density at radius 3 is 1.02 bits per heavy atom. The zero-order chi connectivity index (χ0) is 32.0. The third-order valence-electron chi connectivity index (χ3n) is 6.44. The van der Waals surface area contributed by atoms with Gasteiger partial charge < -0.3 is 50.8 Å². The van der Waals surface area contributed by atoms with Crippen LogP contribution >= 0.6 is 0 Å². The molecular formula is C33H34N6O7. The van der Waals surface area contributed by atoms with E-state index >= 15 is 0 Å². The summed E-state index contributed by atoms with van der Waals surface area (Å²) in [5.41, 5.74) is 2.56. The lowest BCUT2D eigenvalue weighted by Gasteiger charge is -2.16. The van der Waals surface area contributed by atoms with Crippen molar-refractivity contribution in [2.75, 3.05) is 71.5 Å². The van der Waals surface area contributed by atoms with E-state index in [1.165, 1.54) is 0 Å². The third kappa shape index (κ3) is 9.87. The number of urea groups is 3. The maximum Gasteiger partial charge on any atom is 0.323 e. The highest BCUT2D eigenvalue weighted by molar-refractivity contribution is 6.08. The minimum atomic E-state index is -0.582. The van der Waals surface area contributed by atoms with Crippen molar-refractivity contribution in [2.24, 2.45) is 0 Å². The smallest absolute Gasteiger partial charge is 0.323 e. The van der Waals surface area contributed by atoms with E-state index in [0.717, 1.165) is 0 Å². The molecule has 0 aliphatic carbocycles. The molecule has 13 heteroatoms. The Bertz CT molecular complexity index is 1500. The van der Waals surface area contributed by atoms with Crippen molar-refractivity contribution in [3.8, 4) is 11.5 Å². The molecule has 0 aromatic heterocycles. The maximum atomic E-state index is 13.0. The number of rotatable bonds is 0. The first kappa shape index (κ1) is 31.6. The van der Waals surface area contributed by atoms with E-state index in [0.29, 0.717) is 85.3 Å². The minimum Gasteiger partial charge on any atom is -0.491 e. The van der Waals surface area contributed by atoms with E-state index in [2.05, 4.69) is 31.9 Å². The molecule has 4 bridgehead atoms. The summed E-state index contributed by atoms with van der Waals surface area (Å²) < 4.78 is 22.5. The number of ether oxygens (including phenoxy) is 4. The Hall–Kier alpha value is -5.79. The van der Waals surface area contributed by atoms with Gasteiger partial charge in [0.25, 0.3) is 0 Å². The first-order valence-electron chi connectivity index (χ1n) is 14.6. The number of hydrogen-bond acceptors (Lipinski definition) is 7. The molecule has 4 aliphatic rings. The second kappa shape index (κ2) is 16.3. The monoisotopic (exact) mass is 626 g/mol. The van der Waals surface area contributed by atoms with Crippen LogP contribution in [0.2, 0.25) is 0 Å². The molecule has 13 nitrogen and oxygen atoms in total. The highest BCUT2D eigenvalue weighted by Crippen LogP contribution is 2.25. The zero-order valence-electron chi connectivity index (χ0n) is 24.8. The Morgan fingerprint density at radius 1 is 0.370 bits per heavy atom. The molecule has 238 valence electrons. The Balaban J connectivity index is 1.27. The van der Waals surface area contributed by atoms with Crippen molar-refractivity contribution in [1.82, 2.24) is 0 Å². The van der Waals surface area contributed by atoms with Crippen LogP contribution in [0.1, 0.15) is 0 Å². The van der Waals surface area contributed by atoms with Crippen molar-refractivity contribution < 1.29 is 33.3 Å². The van der Waals surface area contributed by atoms with Crippen molar-refractivity contribution >= 4 is 52.2 Å². The molecule has 4 aromatic rings. The largest absolute Gasteiger partial charge is 0.491 e. The van der Waals surface area contributed by atoms with Gasteiger partial charge in [0, 0.05) is 11.4 Å². The number of carbonyl (C=O) groups excluding carboxylic acids is 3. The van der Waals surface area contributed by atoms with Gasteiger partial charge in [0.15, 0.2) is 0 Å². The van der Waals surface area contributed by atoms with Gasteiger partial charge in [-0.25, -0.2) is 14.4 Å². The van der Waals surface area contributed by atoms with Crippen molar-refractivity contribution in [3.63, 3.8) is 0 Å². The molecule has 0 fully saturated rings. The van der Waals surface area contributed by atoms with Crippen LogP contribution < -0.4 is 41.4 Å². The predicted molar refractivity (Wildman–Crippen MR) is 176 cm³/mol. The molecule has 8 rings (SSSR count). The summed E-state index contributed by atoms with van der Waals surface area (Å²) in [6.45, 7) is 2.31. The lowest BCUT2D eigenvalue weighted by Crippen LogP contribution is -2.24. The van der Waals surface area contributed by atoms with Gasteiger partial charge in [-0.3, -0.25) is 0 Å². The SMILES string of the molecule is O=C1Nc2ccc(cc2)OCCOCCOCCOc2ccc(cc2)NC(=O)Nc2ccccc2NC(=O)Nc2ccccc2N1. The molecule has 6 amide bonds. The predicted octanol–water partition coefficient (Wildman–Crippen LogP) is 6.42. The van der Waals surface area contributed by atoms with Crippen molar-refractivity contribution in [1.29, 1.82) is 0 Å². The van der Waals surface area contributed by atoms with Gasteiger partial charge in [0.2, 0.25) is 0 Å². The van der Waals surface area contributed by atoms with Gasteiger partial charge in [-0.1, -0.05) is 24.3 Å². The molecular weight excluding hydrogens is 592 g/mol. The van der Waals surface area contributed by atoms with Gasteiger partial charge in [-0.2, -0.15) is 0 Å². The Kier molecular flexibility index (Phi) is 11.2. The minimum absolute atomic E-state index is 0.353. The highest BCUT2D eigenvalue weighted by atomic mass is 16.6. The second-order valence-corrected chi connectivity index (χ2v) is 9.80. The lowest BCUT2D eigenvalue weighted by atomic mass is 10.2. The van der Waals surface area contributed by atoms with Crippen LogP contribution in [0.4, 0.5) is 48.5 Å². The summed E-state index contributed by atoms with van der Waals surface area (Å²) in [5, 5.41) is 16.5. The summed E-state index contributed by atoms with van der Waals surface area (Å²) in [5.74, 6) is 1.26. The van der Waals surface area contributed by atoms with Crippen LogP contribution in [0.15, 0.2) is 97.1 Å². The summed E-state index contributed by atoms with van der Waals surface area (Å²) in [6.07, 6.45) is 0. The first-order chi connectivity index (χ1) is 22.5. The first-order valence-corrected chi connectivity index (χ1v) is 14.6. The van der Waals surface area contributed by atoms with E-state index in [1.807, 2.05) is 0 Å². The number of nitrogens with one attached hydrogen (secondary N) is 6. The summed E-state index contributed by atoms with van der Waals surface area (Å²) in [6, 6.07) is 25.7. The molecule has 0 radical (unpaired) electrons. The highest BCUT2D eigenvalue weighted by Gasteiger charge is 2.13. The topological polar surface area (TPSA) is 160 Å². The summed E-state index contributed by atoms with van der Waals surface area (Å²) >= 11 is 0. The molecule has 0 saturated carbocycles. The molecule has 0 atom stereocenters. The molecule has 4 aromatic carbocycles. The standard InChI is InChI=1S/C33H34N6O7/c40-31-34-23-9-13-25(14-10-23)45-21-19-43-17-18-44-20-22-46-26-15-11-24(12-16-26)35-32(41)37-28-6-2-4-8-30(28)39-33(42)38-29-7-3-1-5-27(29)36-31/h1-16H,17-22H2,(H2,34,36,40)(H2,35,37,41)(H2,38,39,42). The molecule has 4 heterocycles. The lowest BCUT2D eigenvalue weighted by molar-refractivity contribution is 0.0273. The summed E-state index contributed by atoms with van der Waals surface area (Å²) in [4.78, 5) is 38.5. The normalized spacial score (nSPS) is 15.3. The number of anilines is 6. The molecule has 46 heavy (non-hydrogen) atoms. The van der Waals surface area contributed by atoms with Crippen LogP contribution in [-0.4, -0.2) is 57.7 Å². The fourth-order valence-corrected chi connectivity index (χ4v) is 4.28. The Labute approximate surface area is 265 Å². The number of para-hydroxylation sites is 4. The van der Waals surface area contributed by atoms with Gasteiger partial charge in [-0.05, 0) is 72.8 Å². The van der Waals surface area contributed by atoms with E-state index < -0.39 is 18.1 Å². The molecule has 0 unspecified atom stereocenters. The van der Waals surface area contributed by atoms with Gasteiger partial charge in [-0.15, -0.1) is 0 Å². The van der Waals surface area contributed by atoms with E-state index in [4.69, 9.17) is 18.9 Å². The molecule has 0 saturated heterocycles. The maximum absolute atomic E-state index is 13.0. The van der Waals surface area contributed by atoms with Crippen molar-refractivity contribution in [2.45, 2.75) is 0 Å². The Morgan fingerprint density at radius 2 is 0.674 bits per heavy atom. The van der Waals surface area contributed by atoms with Gasteiger partial charge >= 0.3 is 18.1 Å². The van der Waals surface area contributed by atoms with Crippen LogP contribution in [0.25, 0.3) is 0 Å². The van der Waals surface area contributed by atoms with Gasteiger partial charge in [0.1, 0.15) is 24.7 Å². The summed E-state index contributed by atoms with van der Waals surface area (Å²) in [7, 11) is 0. The third-order valence-corrected chi connectivity index (χ3v) is 6.44. The average Bonchev–Trinajstić information content (AvgIpc) is 3.05. The fourth-order valence-electron chi connectivity index (χ4n) is 4.28. The number of amides is 6. The van der Waals surface area contributed by atoms with Gasteiger partial charge in [0.05, 0.1) is 49.2 Å². The quantitative estimate of drug-likeness (QED) is 0.131. The van der Waals surface area contributed by atoms with E-state index in [-0.39, 0.29) is 0 Å². The van der Waals surface area contributed by atoms with E-state index in [1.54, 1.807) is 97.1 Å². The molecule has 4 aliphatic heterocycles. The number of hydrogen-bond donors (Lipinski definition) is 6. The molecule has 0 spiro atoms. The van der Waals surface area contributed by atoms with Crippen molar-refractivity contribution in [3.05, 3.63) is 97.1 Å². The second-order valence-electron chi connectivity index (χ2n) is 9.80. The average molecular weight is 627 g/mol. The fraction of sp³-hybridized carbons (Fsp3) is 0.182. The molecule has 6 N–H and O–H groups in total. The van der Waals surface area contributed by atoms with Crippen LogP contribution in [0, 0.1) is 0 Å². The van der Waals surface area contributed by atoms with Crippen LogP contribution in [0.5, 0.6) is 11.5 Å².